The van der Waals surface area contributed by atoms with Gasteiger partial charge < -0.3 is 11.1 Å². The molecule has 0 fully saturated rings. The number of rotatable bonds is 4. The lowest BCUT2D eigenvalue weighted by Gasteiger charge is -2.02. The van der Waals surface area contributed by atoms with E-state index in [1.165, 1.54) is 6.42 Å². The molecule has 0 unspecified atom stereocenters. The fourth-order valence-electron chi connectivity index (χ4n) is 0.823. The molecule has 0 radical (unpaired) electrons. The summed E-state index contributed by atoms with van der Waals surface area (Å²) in [7, 11) is 0. The molecule has 1 aromatic rings. The van der Waals surface area contributed by atoms with Gasteiger partial charge in [-0.15, -0.1) is 0 Å². The van der Waals surface area contributed by atoms with Crippen LogP contribution in [-0.4, -0.2) is 16.5 Å². The van der Waals surface area contributed by atoms with Gasteiger partial charge in [0.15, 0.2) is 0 Å². The van der Waals surface area contributed by atoms with Crippen molar-refractivity contribution in [3.05, 3.63) is 12.4 Å². The van der Waals surface area contributed by atoms with Gasteiger partial charge in [0.2, 0.25) is 0 Å². The maximum Gasteiger partial charge on any atom is 0.144 e. The zero-order valence-corrected chi connectivity index (χ0v) is 7.25. The Morgan fingerprint density at radius 1 is 1.42 bits per heavy atom. The van der Waals surface area contributed by atoms with Crippen molar-refractivity contribution < 1.29 is 0 Å². The first-order valence-electron chi connectivity index (χ1n) is 4.14. The highest BCUT2D eigenvalue weighted by Gasteiger charge is 1.91. The minimum absolute atomic E-state index is 0.455. The van der Waals surface area contributed by atoms with Crippen LogP contribution in [0.15, 0.2) is 12.4 Å². The van der Waals surface area contributed by atoms with Crippen LogP contribution in [0, 0.1) is 0 Å². The zero-order valence-electron chi connectivity index (χ0n) is 7.25. The van der Waals surface area contributed by atoms with Gasteiger partial charge in [-0.1, -0.05) is 13.3 Å². The number of nitrogens with two attached hydrogens (primary N) is 1. The first-order chi connectivity index (χ1) is 5.83. The van der Waals surface area contributed by atoms with Crippen molar-refractivity contribution >= 4 is 11.6 Å². The maximum atomic E-state index is 5.38. The second-order valence-electron chi connectivity index (χ2n) is 2.61. The second-order valence-corrected chi connectivity index (χ2v) is 2.61. The molecule has 0 aliphatic rings. The summed E-state index contributed by atoms with van der Waals surface area (Å²) in [5.74, 6) is 1.24. The van der Waals surface area contributed by atoms with Crippen LogP contribution in [0.5, 0.6) is 0 Å². The molecule has 0 aliphatic heterocycles. The summed E-state index contributed by atoms with van der Waals surface area (Å²) in [5.41, 5.74) is 5.38. The van der Waals surface area contributed by atoms with E-state index in [1.54, 1.807) is 12.4 Å². The van der Waals surface area contributed by atoms with Crippen molar-refractivity contribution in [3.8, 4) is 0 Å². The summed E-state index contributed by atoms with van der Waals surface area (Å²) in [6, 6.07) is 0. The van der Waals surface area contributed by atoms with Crippen LogP contribution in [0.25, 0.3) is 0 Å². The smallest absolute Gasteiger partial charge is 0.144 e. The molecule has 0 saturated heterocycles. The summed E-state index contributed by atoms with van der Waals surface area (Å²) < 4.78 is 0. The number of anilines is 2. The SMILES string of the molecule is CCCCNc1cnc(N)cn1. The number of unbranched alkanes of at least 4 members (excludes halogenated alkanes) is 1. The molecule has 4 nitrogen and oxygen atoms in total. The molecular weight excluding hydrogens is 152 g/mol. The Morgan fingerprint density at radius 2 is 2.25 bits per heavy atom. The molecule has 0 bridgehead atoms. The molecule has 12 heavy (non-hydrogen) atoms. The number of nitrogens with zero attached hydrogens (tertiary/aromatic N) is 2. The lowest BCUT2D eigenvalue weighted by molar-refractivity contribution is 0.830. The minimum Gasteiger partial charge on any atom is -0.382 e. The van der Waals surface area contributed by atoms with E-state index >= 15 is 0 Å². The lowest BCUT2D eigenvalue weighted by atomic mass is 10.3. The highest BCUT2D eigenvalue weighted by Crippen LogP contribution is 2.01. The van der Waals surface area contributed by atoms with Crippen LogP contribution in [0.2, 0.25) is 0 Å². The number of nitrogen functional groups attached to an aromatic ring is 1. The molecule has 0 amide bonds. The number of hydrogen-bond acceptors (Lipinski definition) is 4. The van der Waals surface area contributed by atoms with E-state index in [9.17, 15) is 0 Å². The summed E-state index contributed by atoms with van der Waals surface area (Å²) >= 11 is 0. The van der Waals surface area contributed by atoms with Crippen LogP contribution in [0.4, 0.5) is 11.6 Å². The van der Waals surface area contributed by atoms with Gasteiger partial charge in [0, 0.05) is 6.54 Å². The first kappa shape index (κ1) is 8.77. The summed E-state index contributed by atoms with van der Waals surface area (Å²) in [5, 5.41) is 3.14. The van der Waals surface area contributed by atoms with Gasteiger partial charge in [-0.25, -0.2) is 9.97 Å². The number of aromatic nitrogens is 2. The van der Waals surface area contributed by atoms with Crippen molar-refractivity contribution in [1.29, 1.82) is 0 Å². The Bertz CT molecular complexity index is 219. The predicted molar refractivity (Wildman–Crippen MR) is 49.8 cm³/mol. The molecule has 3 N–H and O–H groups in total. The Morgan fingerprint density at radius 3 is 2.83 bits per heavy atom. The summed E-state index contributed by atoms with van der Waals surface area (Å²) in [6.45, 7) is 3.09. The van der Waals surface area contributed by atoms with Crippen molar-refractivity contribution in [3.63, 3.8) is 0 Å². The highest BCUT2D eigenvalue weighted by atomic mass is 15.0. The Labute approximate surface area is 72.2 Å². The quantitative estimate of drug-likeness (QED) is 0.661. The maximum absolute atomic E-state index is 5.38. The van der Waals surface area contributed by atoms with Crippen LogP contribution in [0.1, 0.15) is 19.8 Å². The van der Waals surface area contributed by atoms with E-state index in [1.807, 2.05) is 0 Å². The van der Waals surface area contributed by atoms with Gasteiger partial charge in [-0.3, -0.25) is 0 Å². The van der Waals surface area contributed by atoms with E-state index in [2.05, 4.69) is 22.2 Å². The van der Waals surface area contributed by atoms with Crippen LogP contribution >= 0.6 is 0 Å². The molecule has 1 rings (SSSR count). The monoisotopic (exact) mass is 166 g/mol. The molecule has 1 aromatic heterocycles. The zero-order chi connectivity index (χ0) is 8.81. The van der Waals surface area contributed by atoms with Gasteiger partial charge in [-0.05, 0) is 6.42 Å². The standard InChI is InChI=1S/C8H14N4/c1-2-3-4-10-8-6-11-7(9)5-12-8/h5-6H,2-4H2,1H3,(H2,9,11)(H,10,12). The molecule has 66 valence electrons. The Kier molecular flexibility index (Phi) is 3.32. The highest BCUT2D eigenvalue weighted by molar-refractivity contribution is 5.35. The molecule has 0 aromatic carbocycles. The predicted octanol–water partition coefficient (Wildman–Crippen LogP) is 1.27. The third-order valence-corrected chi connectivity index (χ3v) is 1.51. The minimum atomic E-state index is 0.455. The normalized spacial score (nSPS) is 9.75. The molecule has 4 heteroatoms. The Balaban J connectivity index is 2.37. The van der Waals surface area contributed by atoms with E-state index in [0.29, 0.717) is 5.82 Å². The van der Waals surface area contributed by atoms with Gasteiger partial charge in [-0.2, -0.15) is 0 Å². The molecule has 1 heterocycles. The third-order valence-electron chi connectivity index (χ3n) is 1.51. The van der Waals surface area contributed by atoms with Gasteiger partial charge >= 0.3 is 0 Å². The molecular formula is C8H14N4. The average molecular weight is 166 g/mol. The van der Waals surface area contributed by atoms with Crippen molar-refractivity contribution in [2.24, 2.45) is 0 Å². The first-order valence-corrected chi connectivity index (χ1v) is 4.14. The molecule has 0 saturated carbocycles. The van der Waals surface area contributed by atoms with Crippen molar-refractivity contribution in [2.75, 3.05) is 17.6 Å². The summed E-state index contributed by atoms with van der Waals surface area (Å²) in [4.78, 5) is 7.96. The third kappa shape index (κ3) is 2.74. The van der Waals surface area contributed by atoms with Crippen LogP contribution in [-0.2, 0) is 0 Å². The van der Waals surface area contributed by atoms with Crippen molar-refractivity contribution in [1.82, 2.24) is 9.97 Å². The van der Waals surface area contributed by atoms with Gasteiger partial charge in [0.05, 0.1) is 12.4 Å². The molecule has 0 atom stereocenters. The fraction of sp³-hybridized carbons (Fsp3) is 0.500. The van der Waals surface area contributed by atoms with Crippen LogP contribution < -0.4 is 11.1 Å². The largest absolute Gasteiger partial charge is 0.382 e. The Hall–Kier alpha value is -1.32. The van der Waals surface area contributed by atoms with E-state index in [-0.39, 0.29) is 0 Å². The van der Waals surface area contributed by atoms with Gasteiger partial charge in [0.1, 0.15) is 11.6 Å². The average Bonchev–Trinajstić information content (AvgIpc) is 2.09. The summed E-state index contributed by atoms with van der Waals surface area (Å²) in [6.07, 6.45) is 5.51. The van der Waals surface area contributed by atoms with E-state index < -0.39 is 0 Å². The van der Waals surface area contributed by atoms with Crippen LogP contribution in [0.3, 0.4) is 0 Å². The topological polar surface area (TPSA) is 63.8 Å². The lowest BCUT2D eigenvalue weighted by Crippen LogP contribution is -2.03. The fourth-order valence-corrected chi connectivity index (χ4v) is 0.823. The second kappa shape index (κ2) is 4.54. The molecule has 0 spiro atoms. The number of hydrogen-bond donors (Lipinski definition) is 2. The van der Waals surface area contributed by atoms with Crippen molar-refractivity contribution in [2.45, 2.75) is 19.8 Å². The van der Waals surface area contributed by atoms with E-state index in [4.69, 9.17) is 5.73 Å². The molecule has 0 aliphatic carbocycles. The van der Waals surface area contributed by atoms with E-state index in [0.717, 1.165) is 18.8 Å². The number of nitrogens with one attached hydrogen (secondary N) is 1. The van der Waals surface area contributed by atoms with Gasteiger partial charge in [0.25, 0.3) is 0 Å².